The molecule has 8 nitrogen and oxygen atoms in total. The van der Waals surface area contributed by atoms with E-state index >= 15 is 0 Å². The van der Waals surface area contributed by atoms with Crippen LogP contribution < -0.4 is 5.32 Å². The molecule has 1 fully saturated rings. The van der Waals surface area contributed by atoms with Crippen LogP contribution in [0.3, 0.4) is 0 Å². The zero-order chi connectivity index (χ0) is 22.4. The van der Waals surface area contributed by atoms with Crippen molar-refractivity contribution in [3.8, 4) is 11.5 Å². The number of oxazole rings is 1. The lowest BCUT2D eigenvalue weighted by Crippen LogP contribution is -2.47. The van der Waals surface area contributed by atoms with Crippen molar-refractivity contribution in [2.75, 3.05) is 25.4 Å². The summed E-state index contributed by atoms with van der Waals surface area (Å²) >= 11 is 0. The standard InChI is InChI=1S/C22H29N3O5S/c1-4-29-22(27)25-11-9-17(10-12-25)23-20(26)14-31(28)13-19-16(3)30-21(24-19)18-8-6-5-7-15(18)2/h5-8,17H,4,9-14H2,1-3H3,(H,23,26)/t31-/m0/s1. The minimum absolute atomic E-state index is 0.0309. The van der Waals surface area contributed by atoms with Crippen LogP contribution >= 0.6 is 0 Å². The number of hydrogen-bond acceptors (Lipinski definition) is 6. The summed E-state index contributed by atoms with van der Waals surface area (Å²) in [5.74, 6) is 0.923. The number of aryl methyl sites for hydroxylation is 2. The highest BCUT2D eigenvalue weighted by Gasteiger charge is 2.25. The molecule has 1 saturated heterocycles. The first-order valence-corrected chi connectivity index (χ1v) is 11.9. The smallest absolute Gasteiger partial charge is 0.409 e. The van der Waals surface area contributed by atoms with Gasteiger partial charge in [0.2, 0.25) is 11.8 Å². The lowest BCUT2D eigenvalue weighted by Gasteiger charge is -2.31. The second-order valence-electron chi connectivity index (χ2n) is 7.59. The Kier molecular flexibility index (Phi) is 7.84. The number of rotatable bonds is 7. The molecule has 9 heteroatoms. The number of ether oxygens (including phenoxy) is 1. The monoisotopic (exact) mass is 447 g/mol. The van der Waals surface area contributed by atoms with E-state index < -0.39 is 10.8 Å². The fraction of sp³-hybridized carbons (Fsp3) is 0.500. The minimum atomic E-state index is -1.40. The normalized spacial score (nSPS) is 15.5. The van der Waals surface area contributed by atoms with Gasteiger partial charge < -0.3 is 19.4 Å². The molecule has 0 bridgehead atoms. The number of likely N-dealkylation sites (tertiary alicyclic amines) is 1. The van der Waals surface area contributed by atoms with Gasteiger partial charge in [0.05, 0.1) is 18.1 Å². The van der Waals surface area contributed by atoms with E-state index in [1.165, 1.54) is 0 Å². The Balaban J connectivity index is 1.49. The first-order chi connectivity index (χ1) is 14.9. The summed E-state index contributed by atoms with van der Waals surface area (Å²) in [5, 5.41) is 2.93. The minimum Gasteiger partial charge on any atom is -0.450 e. The third-order valence-electron chi connectivity index (χ3n) is 5.24. The van der Waals surface area contributed by atoms with Gasteiger partial charge in [-0.2, -0.15) is 0 Å². The van der Waals surface area contributed by atoms with E-state index in [-0.39, 0.29) is 29.5 Å². The first-order valence-electron chi connectivity index (χ1n) is 10.5. The van der Waals surface area contributed by atoms with E-state index in [9.17, 15) is 13.8 Å². The van der Waals surface area contributed by atoms with Crippen molar-refractivity contribution in [3.63, 3.8) is 0 Å². The summed E-state index contributed by atoms with van der Waals surface area (Å²) < 4.78 is 23.3. The van der Waals surface area contributed by atoms with Crippen molar-refractivity contribution in [2.45, 2.75) is 45.4 Å². The summed E-state index contributed by atoms with van der Waals surface area (Å²) in [4.78, 5) is 30.2. The molecule has 3 rings (SSSR count). The third kappa shape index (κ3) is 6.16. The quantitative estimate of drug-likeness (QED) is 0.700. The number of amides is 2. The molecule has 1 aromatic carbocycles. The maximum Gasteiger partial charge on any atom is 0.409 e. The summed E-state index contributed by atoms with van der Waals surface area (Å²) in [5.41, 5.74) is 2.55. The number of hydrogen-bond donors (Lipinski definition) is 1. The fourth-order valence-electron chi connectivity index (χ4n) is 3.53. The Bertz CT molecular complexity index is 950. The van der Waals surface area contributed by atoms with Crippen LogP contribution in [0.25, 0.3) is 11.5 Å². The molecule has 168 valence electrons. The molecule has 1 aromatic heterocycles. The lowest BCUT2D eigenvalue weighted by atomic mass is 10.1. The number of nitrogens with one attached hydrogen (secondary N) is 1. The second-order valence-corrected chi connectivity index (χ2v) is 9.05. The van der Waals surface area contributed by atoms with Gasteiger partial charge in [-0.25, -0.2) is 9.78 Å². The van der Waals surface area contributed by atoms with E-state index in [1.54, 1.807) is 18.7 Å². The predicted octanol–water partition coefficient (Wildman–Crippen LogP) is 2.94. The van der Waals surface area contributed by atoms with Crippen LogP contribution in [-0.2, 0) is 26.1 Å². The van der Waals surface area contributed by atoms with E-state index in [0.29, 0.717) is 49.9 Å². The van der Waals surface area contributed by atoms with Gasteiger partial charge in [-0.1, -0.05) is 18.2 Å². The van der Waals surface area contributed by atoms with Gasteiger partial charge in [0, 0.05) is 35.5 Å². The van der Waals surface area contributed by atoms with Gasteiger partial charge in [-0.3, -0.25) is 9.00 Å². The Hall–Kier alpha value is -2.68. The molecular formula is C22H29N3O5S. The van der Waals surface area contributed by atoms with Gasteiger partial charge in [0.15, 0.2) is 0 Å². The maximum absolute atomic E-state index is 12.5. The third-order valence-corrected chi connectivity index (χ3v) is 6.42. The van der Waals surface area contributed by atoms with E-state index in [4.69, 9.17) is 9.15 Å². The first kappa shape index (κ1) is 23.0. The average molecular weight is 448 g/mol. The summed E-state index contributed by atoms with van der Waals surface area (Å²) in [6.45, 7) is 6.96. The van der Waals surface area contributed by atoms with Gasteiger partial charge in [-0.05, 0) is 45.2 Å². The maximum atomic E-state index is 12.5. The molecular weight excluding hydrogens is 418 g/mol. The Morgan fingerprint density at radius 3 is 2.65 bits per heavy atom. The molecule has 2 aromatic rings. The highest BCUT2D eigenvalue weighted by atomic mass is 32.2. The molecule has 2 heterocycles. The van der Waals surface area contributed by atoms with Gasteiger partial charge in [-0.15, -0.1) is 0 Å². The fourth-order valence-corrected chi connectivity index (χ4v) is 4.58. The molecule has 2 amide bonds. The molecule has 0 aliphatic carbocycles. The lowest BCUT2D eigenvalue weighted by molar-refractivity contribution is -0.119. The number of benzene rings is 1. The number of carbonyl (C=O) groups excluding carboxylic acids is 2. The van der Waals surface area contributed by atoms with Gasteiger partial charge in [0.25, 0.3) is 0 Å². The molecule has 31 heavy (non-hydrogen) atoms. The van der Waals surface area contributed by atoms with Gasteiger partial charge >= 0.3 is 6.09 Å². The van der Waals surface area contributed by atoms with Crippen LogP contribution in [-0.4, -0.2) is 57.6 Å². The van der Waals surface area contributed by atoms with Crippen molar-refractivity contribution in [3.05, 3.63) is 41.3 Å². The topological polar surface area (TPSA) is 102 Å². The number of aromatic nitrogens is 1. The van der Waals surface area contributed by atoms with E-state index in [1.807, 2.05) is 31.2 Å². The predicted molar refractivity (Wildman–Crippen MR) is 118 cm³/mol. The Morgan fingerprint density at radius 2 is 1.97 bits per heavy atom. The van der Waals surface area contributed by atoms with Crippen LogP contribution in [0.1, 0.15) is 36.8 Å². The largest absolute Gasteiger partial charge is 0.450 e. The highest BCUT2D eigenvalue weighted by molar-refractivity contribution is 7.84. The summed E-state index contributed by atoms with van der Waals surface area (Å²) in [6, 6.07) is 7.75. The molecule has 0 saturated carbocycles. The van der Waals surface area contributed by atoms with Gasteiger partial charge in [0.1, 0.15) is 11.5 Å². The van der Waals surface area contributed by atoms with E-state index in [0.717, 1.165) is 11.1 Å². The molecule has 1 N–H and O–H groups in total. The summed E-state index contributed by atoms with van der Waals surface area (Å²) in [7, 11) is -1.40. The zero-order valence-electron chi connectivity index (χ0n) is 18.2. The van der Waals surface area contributed by atoms with Crippen molar-refractivity contribution in [1.82, 2.24) is 15.2 Å². The van der Waals surface area contributed by atoms with Crippen LogP contribution in [0.5, 0.6) is 0 Å². The van der Waals surface area contributed by atoms with Crippen LogP contribution in [0, 0.1) is 13.8 Å². The Labute approximate surface area is 184 Å². The van der Waals surface area contributed by atoms with E-state index in [2.05, 4.69) is 10.3 Å². The van der Waals surface area contributed by atoms with Crippen LogP contribution in [0.15, 0.2) is 28.7 Å². The van der Waals surface area contributed by atoms with Crippen molar-refractivity contribution >= 4 is 22.8 Å². The van der Waals surface area contributed by atoms with Crippen molar-refractivity contribution in [2.24, 2.45) is 0 Å². The molecule has 1 aliphatic heterocycles. The SMILES string of the molecule is CCOC(=O)N1CCC(NC(=O)C[S@@](=O)Cc2nc(-c3ccccc3C)oc2C)CC1. The molecule has 1 atom stereocenters. The zero-order valence-corrected chi connectivity index (χ0v) is 19.0. The number of carbonyl (C=O) groups is 2. The molecule has 1 aliphatic rings. The summed E-state index contributed by atoms with van der Waals surface area (Å²) in [6.07, 6.45) is 0.986. The average Bonchev–Trinajstić information content (AvgIpc) is 3.08. The van der Waals surface area contributed by atoms with Crippen LogP contribution in [0.2, 0.25) is 0 Å². The van der Waals surface area contributed by atoms with Crippen molar-refractivity contribution in [1.29, 1.82) is 0 Å². The van der Waals surface area contributed by atoms with Crippen molar-refractivity contribution < 1.29 is 23.0 Å². The molecule has 0 spiro atoms. The van der Waals surface area contributed by atoms with Crippen LogP contribution in [0.4, 0.5) is 4.79 Å². The number of nitrogens with zero attached hydrogens (tertiary/aromatic N) is 2. The Morgan fingerprint density at radius 1 is 1.26 bits per heavy atom. The molecule has 0 unspecified atom stereocenters. The molecule has 0 radical (unpaired) electrons. The number of piperidine rings is 1. The second kappa shape index (κ2) is 10.6. The highest BCUT2D eigenvalue weighted by Crippen LogP contribution is 2.25.